The number of benzene rings is 1. The highest BCUT2D eigenvalue weighted by Crippen LogP contribution is 2.36. The Morgan fingerprint density at radius 3 is 2.54 bits per heavy atom. The number of sulfone groups is 1. The van der Waals surface area contributed by atoms with Gasteiger partial charge in [0.25, 0.3) is 5.91 Å². The van der Waals surface area contributed by atoms with E-state index in [1.165, 1.54) is 35.6 Å². The number of fused-ring (bicyclic) bond motifs is 1. The van der Waals surface area contributed by atoms with Gasteiger partial charge in [-0.3, -0.25) is 9.59 Å². The molecule has 0 bridgehead atoms. The number of anilines is 1. The average molecular weight is 464 g/mol. The van der Waals surface area contributed by atoms with E-state index in [9.17, 15) is 18.0 Å². The molecule has 0 aliphatic carbocycles. The van der Waals surface area contributed by atoms with E-state index in [1.807, 2.05) is 7.05 Å². The normalized spacial score (nSPS) is 14.1. The molecule has 0 spiro atoms. The smallest absolute Gasteiger partial charge is 0.251 e. The maximum Gasteiger partial charge on any atom is 0.251 e. The summed E-state index contributed by atoms with van der Waals surface area (Å²) in [5.41, 5.74) is 6.61. The lowest BCUT2D eigenvalue weighted by molar-refractivity contribution is -0.113. The van der Waals surface area contributed by atoms with Crippen LogP contribution >= 0.6 is 35.3 Å². The van der Waals surface area contributed by atoms with Crippen molar-refractivity contribution in [3.63, 3.8) is 0 Å². The molecule has 1 aliphatic rings. The van der Waals surface area contributed by atoms with E-state index >= 15 is 0 Å². The third kappa shape index (κ3) is 4.84. The standard InChI is InChI=1S/C17H18ClN3O4S2.ClH/c1-21-7-6-12-13(8-21)26-17(15(12)16(19)23)20-14(22)9-27(24,25)11-4-2-10(18)3-5-11;/h2-5H,6-9H2,1H3,(H2,19,23)(H,20,22);1H. The second-order valence-electron chi connectivity index (χ2n) is 6.32. The summed E-state index contributed by atoms with van der Waals surface area (Å²) in [6.45, 7) is 1.43. The molecule has 2 amide bonds. The summed E-state index contributed by atoms with van der Waals surface area (Å²) in [7, 11) is -1.87. The largest absolute Gasteiger partial charge is 0.365 e. The predicted octanol–water partition coefficient (Wildman–Crippen LogP) is 2.32. The van der Waals surface area contributed by atoms with E-state index in [0.717, 1.165) is 17.0 Å². The van der Waals surface area contributed by atoms with Crippen molar-refractivity contribution >= 4 is 62.0 Å². The summed E-state index contributed by atoms with van der Waals surface area (Å²) in [5, 5.41) is 3.26. The topological polar surface area (TPSA) is 110 Å². The number of nitrogens with two attached hydrogens (primary N) is 1. The van der Waals surface area contributed by atoms with Gasteiger partial charge < -0.3 is 16.0 Å². The lowest BCUT2D eigenvalue weighted by atomic mass is 10.0. The zero-order chi connectivity index (χ0) is 19.8. The molecule has 0 fully saturated rings. The van der Waals surface area contributed by atoms with Crippen molar-refractivity contribution in [2.24, 2.45) is 5.73 Å². The molecular formula is C17H19Cl2N3O4S2. The first kappa shape index (κ1) is 22.6. The van der Waals surface area contributed by atoms with Gasteiger partial charge in [-0.05, 0) is 43.3 Å². The van der Waals surface area contributed by atoms with E-state index in [0.29, 0.717) is 23.0 Å². The Hall–Kier alpha value is -1.65. The molecule has 152 valence electrons. The number of likely N-dealkylation sites (N-methyl/N-ethyl adjacent to an activating group) is 1. The molecule has 11 heteroatoms. The molecule has 7 nitrogen and oxygen atoms in total. The predicted molar refractivity (Wildman–Crippen MR) is 112 cm³/mol. The van der Waals surface area contributed by atoms with Crippen LogP contribution in [-0.2, 0) is 27.6 Å². The van der Waals surface area contributed by atoms with Crippen molar-refractivity contribution < 1.29 is 18.0 Å². The van der Waals surface area contributed by atoms with Crippen molar-refractivity contribution in [1.29, 1.82) is 0 Å². The van der Waals surface area contributed by atoms with E-state index in [1.54, 1.807) is 0 Å². The van der Waals surface area contributed by atoms with Crippen molar-refractivity contribution in [3.8, 4) is 0 Å². The van der Waals surface area contributed by atoms with Crippen molar-refractivity contribution in [1.82, 2.24) is 4.90 Å². The second kappa shape index (κ2) is 8.79. The summed E-state index contributed by atoms with van der Waals surface area (Å²) in [4.78, 5) is 27.3. The van der Waals surface area contributed by atoms with Crippen LogP contribution in [-0.4, -0.2) is 44.5 Å². The van der Waals surface area contributed by atoms with Crippen LogP contribution in [0.5, 0.6) is 0 Å². The monoisotopic (exact) mass is 463 g/mol. The van der Waals surface area contributed by atoms with Gasteiger partial charge >= 0.3 is 0 Å². The second-order valence-corrected chi connectivity index (χ2v) is 9.85. The van der Waals surface area contributed by atoms with Gasteiger partial charge in [-0.25, -0.2) is 8.42 Å². The Morgan fingerprint density at radius 1 is 1.29 bits per heavy atom. The molecule has 0 saturated carbocycles. The van der Waals surface area contributed by atoms with Crippen molar-refractivity contribution in [3.05, 3.63) is 45.3 Å². The number of amides is 2. The zero-order valence-corrected chi connectivity index (χ0v) is 18.1. The van der Waals surface area contributed by atoms with Gasteiger partial charge in [0, 0.05) is 23.0 Å². The minimum absolute atomic E-state index is 0. The first-order chi connectivity index (χ1) is 12.7. The third-order valence-electron chi connectivity index (χ3n) is 4.24. The van der Waals surface area contributed by atoms with Crippen LogP contribution in [0.1, 0.15) is 20.8 Å². The summed E-state index contributed by atoms with van der Waals surface area (Å²) >= 11 is 7.02. The average Bonchev–Trinajstić information content (AvgIpc) is 2.91. The molecule has 1 aromatic heterocycles. The minimum Gasteiger partial charge on any atom is -0.365 e. The highest BCUT2D eigenvalue weighted by Gasteiger charge is 2.27. The maximum absolute atomic E-state index is 12.4. The summed E-state index contributed by atoms with van der Waals surface area (Å²) < 4.78 is 24.8. The maximum atomic E-state index is 12.4. The molecule has 0 radical (unpaired) electrons. The fourth-order valence-corrected chi connectivity index (χ4v) is 5.55. The summed E-state index contributed by atoms with van der Waals surface area (Å²) in [6.07, 6.45) is 0.652. The first-order valence-corrected chi connectivity index (χ1v) is 10.9. The molecule has 3 N–H and O–H groups in total. The number of primary amides is 1. The van der Waals surface area contributed by atoms with Gasteiger partial charge in [0.15, 0.2) is 9.84 Å². The van der Waals surface area contributed by atoms with E-state index in [2.05, 4.69) is 10.2 Å². The zero-order valence-electron chi connectivity index (χ0n) is 14.9. The van der Waals surface area contributed by atoms with Crippen LogP contribution in [0.3, 0.4) is 0 Å². The van der Waals surface area contributed by atoms with Crippen LogP contribution in [0.15, 0.2) is 29.2 Å². The van der Waals surface area contributed by atoms with Crippen molar-refractivity contribution in [2.75, 3.05) is 24.7 Å². The fourth-order valence-electron chi connectivity index (χ4n) is 2.94. The Balaban J connectivity index is 0.00000280. The number of carbonyl (C=O) groups excluding carboxylic acids is 2. The molecule has 28 heavy (non-hydrogen) atoms. The third-order valence-corrected chi connectivity index (χ3v) is 7.26. The lowest BCUT2D eigenvalue weighted by Crippen LogP contribution is -2.27. The molecule has 2 aromatic rings. The van der Waals surface area contributed by atoms with Crippen LogP contribution < -0.4 is 11.1 Å². The molecule has 0 unspecified atom stereocenters. The number of thiophene rings is 1. The highest BCUT2D eigenvalue weighted by atomic mass is 35.5. The van der Waals surface area contributed by atoms with Crippen LogP contribution in [0, 0.1) is 0 Å². The number of hydrogen-bond acceptors (Lipinski definition) is 6. The van der Waals surface area contributed by atoms with Gasteiger partial charge in [-0.2, -0.15) is 0 Å². The Kier molecular flexibility index (Phi) is 7.11. The summed E-state index contributed by atoms with van der Waals surface area (Å²) in [6, 6.07) is 5.58. The number of nitrogens with one attached hydrogen (secondary N) is 1. The van der Waals surface area contributed by atoms with Crippen LogP contribution in [0.25, 0.3) is 0 Å². The molecule has 2 heterocycles. The number of hydrogen-bond donors (Lipinski definition) is 2. The molecule has 0 atom stereocenters. The molecule has 1 aromatic carbocycles. The number of nitrogens with zero attached hydrogens (tertiary/aromatic N) is 1. The van der Waals surface area contributed by atoms with Crippen molar-refractivity contribution in [2.45, 2.75) is 17.9 Å². The highest BCUT2D eigenvalue weighted by molar-refractivity contribution is 7.92. The van der Waals surface area contributed by atoms with E-state index in [4.69, 9.17) is 17.3 Å². The van der Waals surface area contributed by atoms with Gasteiger partial charge in [0.2, 0.25) is 5.91 Å². The summed E-state index contributed by atoms with van der Waals surface area (Å²) in [5.74, 6) is -2.10. The van der Waals surface area contributed by atoms with Gasteiger partial charge in [0.05, 0.1) is 10.5 Å². The molecule has 1 aliphatic heterocycles. The van der Waals surface area contributed by atoms with Gasteiger partial charge in [-0.15, -0.1) is 23.7 Å². The van der Waals surface area contributed by atoms with Gasteiger partial charge in [-0.1, -0.05) is 11.6 Å². The SMILES string of the molecule is CN1CCc2c(sc(NC(=O)CS(=O)(=O)c3ccc(Cl)cc3)c2C(N)=O)C1.Cl. The lowest BCUT2D eigenvalue weighted by Gasteiger charge is -2.22. The molecular weight excluding hydrogens is 445 g/mol. The number of rotatable bonds is 5. The van der Waals surface area contributed by atoms with E-state index < -0.39 is 27.4 Å². The molecule has 3 rings (SSSR count). The Bertz CT molecular complexity index is 1000. The fraction of sp³-hybridized carbons (Fsp3) is 0.294. The number of carbonyl (C=O) groups is 2. The Morgan fingerprint density at radius 2 is 1.93 bits per heavy atom. The quantitative estimate of drug-likeness (QED) is 0.706. The Labute approximate surface area is 178 Å². The van der Waals surface area contributed by atoms with Crippen LogP contribution in [0.2, 0.25) is 5.02 Å². The van der Waals surface area contributed by atoms with E-state index in [-0.39, 0.29) is 22.9 Å². The number of halogens is 2. The van der Waals surface area contributed by atoms with Gasteiger partial charge in [0.1, 0.15) is 10.8 Å². The molecule has 0 saturated heterocycles. The minimum atomic E-state index is -3.83. The van der Waals surface area contributed by atoms with Crippen LogP contribution in [0.4, 0.5) is 5.00 Å². The first-order valence-electron chi connectivity index (χ1n) is 8.08.